The molecular weight excluding hydrogens is 343 g/mol. The van der Waals surface area contributed by atoms with Gasteiger partial charge in [0.25, 0.3) is 0 Å². The number of benzene rings is 1. The lowest BCUT2D eigenvalue weighted by atomic mass is 10.0. The summed E-state index contributed by atoms with van der Waals surface area (Å²) in [5, 5.41) is 0. The van der Waals surface area contributed by atoms with Gasteiger partial charge in [0.15, 0.2) is 0 Å². The molecule has 0 bridgehead atoms. The quantitative estimate of drug-likeness (QED) is 0.664. The number of morpholine rings is 1. The second-order valence-electron chi connectivity index (χ2n) is 6.91. The third-order valence-corrected chi connectivity index (χ3v) is 4.95. The Morgan fingerprint density at radius 3 is 2.67 bits per heavy atom. The molecule has 5 nitrogen and oxygen atoms in total. The number of halogens is 1. The van der Waals surface area contributed by atoms with E-state index >= 15 is 0 Å². The number of ether oxygens (including phenoxy) is 1. The second kappa shape index (κ2) is 7.58. The van der Waals surface area contributed by atoms with Gasteiger partial charge in [0.1, 0.15) is 5.82 Å². The number of imidazole rings is 1. The fraction of sp³-hybridized carbons (Fsp3) is 0.333. The Morgan fingerprint density at radius 1 is 1.11 bits per heavy atom. The molecule has 27 heavy (non-hydrogen) atoms. The minimum atomic E-state index is -0.487. The number of rotatable bonds is 4. The maximum absolute atomic E-state index is 13.8. The van der Waals surface area contributed by atoms with Crippen LogP contribution in [0.5, 0.6) is 0 Å². The van der Waals surface area contributed by atoms with Gasteiger partial charge in [-0.25, -0.2) is 9.97 Å². The summed E-state index contributed by atoms with van der Waals surface area (Å²) >= 11 is 0. The second-order valence-corrected chi connectivity index (χ2v) is 6.91. The van der Waals surface area contributed by atoms with Crippen molar-refractivity contribution < 1.29 is 9.13 Å². The largest absolute Gasteiger partial charge is 0.379 e. The molecule has 0 amide bonds. The molecule has 0 aliphatic carbocycles. The lowest BCUT2D eigenvalue weighted by Gasteiger charge is -2.26. The van der Waals surface area contributed by atoms with Crippen LogP contribution in [0.4, 0.5) is 4.39 Å². The van der Waals surface area contributed by atoms with E-state index in [2.05, 4.69) is 39.6 Å². The van der Waals surface area contributed by atoms with Crippen LogP contribution >= 0.6 is 0 Å². The number of aryl methyl sites for hydroxylation is 1. The maximum atomic E-state index is 13.8. The van der Waals surface area contributed by atoms with Crippen molar-refractivity contribution in [3.63, 3.8) is 0 Å². The van der Waals surface area contributed by atoms with Gasteiger partial charge in [0, 0.05) is 43.5 Å². The standard InChI is InChI=1S/C21H23FN4O/c1-15-4-3-5-16(12-15)20-21(17-6-7-23-18(22)13-17)25(2)19(24-20)14-26-8-10-27-11-9-26/h3-7,12-13H,8-11,14H2,1-2H3. The van der Waals surface area contributed by atoms with Crippen molar-refractivity contribution in [3.8, 4) is 22.5 Å². The van der Waals surface area contributed by atoms with Crippen LogP contribution < -0.4 is 0 Å². The summed E-state index contributed by atoms with van der Waals surface area (Å²) in [5.41, 5.74) is 4.76. The van der Waals surface area contributed by atoms with Gasteiger partial charge in [-0.1, -0.05) is 23.8 Å². The molecule has 0 radical (unpaired) electrons. The normalized spacial score (nSPS) is 15.2. The van der Waals surface area contributed by atoms with Gasteiger partial charge in [0.05, 0.1) is 31.1 Å². The van der Waals surface area contributed by atoms with Gasteiger partial charge >= 0.3 is 0 Å². The zero-order valence-corrected chi connectivity index (χ0v) is 15.7. The maximum Gasteiger partial charge on any atom is 0.213 e. The van der Waals surface area contributed by atoms with Crippen molar-refractivity contribution in [2.75, 3.05) is 26.3 Å². The molecule has 4 rings (SSSR count). The van der Waals surface area contributed by atoms with Crippen LogP contribution in [-0.2, 0) is 18.3 Å². The molecule has 1 aromatic carbocycles. The van der Waals surface area contributed by atoms with Crippen LogP contribution in [-0.4, -0.2) is 45.7 Å². The molecule has 0 saturated carbocycles. The van der Waals surface area contributed by atoms with E-state index in [-0.39, 0.29) is 0 Å². The summed E-state index contributed by atoms with van der Waals surface area (Å²) in [4.78, 5) is 11.0. The van der Waals surface area contributed by atoms with E-state index < -0.39 is 5.95 Å². The fourth-order valence-electron chi connectivity index (χ4n) is 3.52. The average molecular weight is 366 g/mol. The third kappa shape index (κ3) is 3.77. The van der Waals surface area contributed by atoms with Crippen molar-refractivity contribution in [1.29, 1.82) is 0 Å². The monoisotopic (exact) mass is 366 g/mol. The number of aromatic nitrogens is 3. The highest BCUT2D eigenvalue weighted by Gasteiger charge is 2.21. The van der Waals surface area contributed by atoms with Crippen molar-refractivity contribution in [2.45, 2.75) is 13.5 Å². The fourth-order valence-corrected chi connectivity index (χ4v) is 3.52. The predicted molar refractivity (Wildman–Crippen MR) is 103 cm³/mol. The molecule has 6 heteroatoms. The third-order valence-electron chi connectivity index (χ3n) is 4.95. The molecule has 1 aliphatic rings. The van der Waals surface area contributed by atoms with Crippen molar-refractivity contribution in [1.82, 2.24) is 19.4 Å². The van der Waals surface area contributed by atoms with E-state index in [1.807, 2.05) is 19.2 Å². The summed E-state index contributed by atoms with van der Waals surface area (Å²) in [6.07, 6.45) is 1.50. The van der Waals surface area contributed by atoms with Crippen LogP contribution in [0.25, 0.3) is 22.5 Å². The zero-order valence-electron chi connectivity index (χ0n) is 15.7. The summed E-state index contributed by atoms with van der Waals surface area (Å²) in [7, 11) is 2.00. The van der Waals surface area contributed by atoms with E-state index in [9.17, 15) is 4.39 Å². The van der Waals surface area contributed by atoms with E-state index in [0.717, 1.165) is 61.2 Å². The minimum absolute atomic E-state index is 0.487. The molecule has 3 heterocycles. The van der Waals surface area contributed by atoms with E-state index in [4.69, 9.17) is 9.72 Å². The summed E-state index contributed by atoms with van der Waals surface area (Å²) < 4.78 is 21.3. The summed E-state index contributed by atoms with van der Waals surface area (Å²) in [5.74, 6) is 0.472. The molecule has 0 unspecified atom stereocenters. The van der Waals surface area contributed by atoms with Crippen molar-refractivity contribution >= 4 is 0 Å². The summed E-state index contributed by atoms with van der Waals surface area (Å²) in [6, 6.07) is 11.5. The summed E-state index contributed by atoms with van der Waals surface area (Å²) in [6.45, 7) is 6.09. The highest BCUT2D eigenvalue weighted by atomic mass is 19.1. The Bertz CT molecular complexity index is 947. The van der Waals surface area contributed by atoms with Gasteiger partial charge in [-0.05, 0) is 19.1 Å². The van der Waals surface area contributed by atoms with E-state index in [0.29, 0.717) is 0 Å². The van der Waals surface area contributed by atoms with Crippen molar-refractivity contribution in [2.24, 2.45) is 7.05 Å². The molecule has 1 fully saturated rings. The van der Waals surface area contributed by atoms with Gasteiger partial charge in [-0.15, -0.1) is 0 Å². The number of hydrogen-bond acceptors (Lipinski definition) is 4. The smallest absolute Gasteiger partial charge is 0.213 e. The first-order valence-corrected chi connectivity index (χ1v) is 9.16. The molecule has 0 N–H and O–H groups in total. The van der Waals surface area contributed by atoms with E-state index in [1.54, 1.807) is 0 Å². The SMILES string of the molecule is Cc1cccc(-c2nc(CN3CCOCC3)n(C)c2-c2ccnc(F)c2)c1. The number of pyridine rings is 1. The Morgan fingerprint density at radius 2 is 1.93 bits per heavy atom. The lowest BCUT2D eigenvalue weighted by molar-refractivity contribution is 0.0327. The van der Waals surface area contributed by atoms with Crippen LogP contribution in [0.2, 0.25) is 0 Å². The molecule has 140 valence electrons. The van der Waals surface area contributed by atoms with Crippen molar-refractivity contribution in [3.05, 3.63) is 59.9 Å². The first-order chi connectivity index (χ1) is 13.1. The van der Waals surface area contributed by atoms with Crippen LogP contribution in [0.15, 0.2) is 42.6 Å². The molecular formula is C21H23FN4O. The molecule has 2 aromatic heterocycles. The molecule has 0 atom stereocenters. The van der Waals surface area contributed by atoms with Gasteiger partial charge in [-0.3, -0.25) is 4.90 Å². The lowest BCUT2D eigenvalue weighted by Crippen LogP contribution is -2.36. The number of hydrogen-bond donors (Lipinski definition) is 0. The number of nitrogens with zero attached hydrogens (tertiary/aromatic N) is 4. The van der Waals surface area contributed by atoms with Crippen LogP contribution in [0, 0.1) is 12.9 Å². The Balaban J connectivity index is 1.81. The van der Waals surface area contributed by atoms with Gasteiger partial charge in [-0.2, -0.15) is 4.39 Å². The average Bonchev–Trinajstić information content (AvgIpc) is 2.99. The first kappa shape index (κ1) is 17.8. The molecule has 1 aliphatic heterocycles. The Labute approximate surface area is 158 Å². The van der Waals surface area contributed by atoms with Gasteiger partial charge in [0.2, 0.25) is 5.95 Å². The highest BCUT2D eigenvalue weighted by Crippen LogP contribution is 2.33. The van der Waals surface area contributed by atoms with Crippen LogP contribution in [0.3, 0.4) is 0 Å². The zero-order chi connectivity index (χ0) is 18.8. The molecule has 1 saturated heterocycles. The van der Waals surface area contributed by atoms with Crippen LogP contribution in [0.1, 0.15) is 11.4 Å². The molecule has 3 aromatic rings. The highest BCUT2D eigenvalue weighted by molar-refractivity contribution is 5.79. The minimum Gasteiger partial charge on any atom is -0.379 e. The Kier molecular flexibility index (Phi) is 5.01. The van der Waals surface area contributed by atoms with Gasteiger partial charge < -0.3 is 9.30 Å². The predicted octanol–water partition coefficient (Wildman–Crippen LogP) is 3.43. The first-order valence-electron chi connectivity index (χ1n) is 9.16. The Hall–Kier alpha value is -2.57. The molecule has 0 spiro atoms. The topological polar surface area (TPSA) is 43.2 Å². The van der Waals surface area contributed by atoms with E-state index in [1.165, 1.54) is 17.8 Å².